The predicted molar refractivity (Wildman–Crippen MR) is 229 cm³/mol. The van der Waals surface area contributed by atoms with Gasteiger partial charge in [-0.3, -0.25) is 0 Å². The van der Waals surface area contributed by atoms with Crippen LogP contribution < -0.4 is 29.5 Å². The molecule has 0 saturated heterocycles. The molecule has 0 amide bonds. The van der Waals surface area contributed by atoms with Gasteiger partial charge < -0.3 is 18.6 Å². The standard InChI is InChI=1S/C50H32B2O4/c1-5-13-33(14-6-1)43-27-28-44(34-15-7-2-8-16-34)48-47(43)53-51(54-48)39-23-25-41-37(31-39)21-22-38-32-40(24-26-42(38)41)52-55-49-45(35-17-9-3-10-18-35)29-30-46(50(49)56-52)36-19-11-4-12-20-36/h1-32H. The Morgan fingerprint density at radius 1 is 0.268 bits per heavy atom. The summed E-state index contributed by atoms with van der Waals surface area (Å²) in [5.41, 5.74) is 10.3. The van der Waals surface area contributed by atoms with Crippen molar-refractivity contribution in [1.82, 2.24) is 0 Å². The molecule has 0 radical (unpaired) electrons. The molecule has 0 saturated carbocycles. The first-order valence-electron chi connectivity index (χ1n) is 18.9. The van der Waals surface area contributed by atoms with Gasteiger partial charge in [-0.05, 0) is 68.1 Å². The van der Waals surface area contributed by atoms with Crippen molar-refractivity contribution in [2.45, 2.75) is 0 Å². The van der Waals surface area contributed by atoms with E-state index in [1.165, 1.54) is 0 Å². The zero-order valence-electron chi connectivity index (χ0n) is 30.3. The molecule has 4 nitrogen and oxygen atoms in total. The third-order valence-electron chi connectivity index (χ3n) is 10.9. The second kappa shape index (κ2) is 13.3. The highest BCUT2D eigenvalue weighted by molar-refractivity contribution is 6.65. The Morgan fingerprint density at radius 3 is 0.839 bits per heavy atom. The summed E-state index contributed by atoms with van der Waals surface area (Å²) >= 11 is 0. The van der Waals surface area contributed by atoms with Crippen molar-refractivity contribution >= 4 is 46.7 Å². The second-order valence-electron chi connectivity index (χ2n) is 14.3. The zero-order chi connectivity index (χ0) is 37.0. The molecule has 56 heavy (non-hydrogen) atoms. The van der Waals surface area contributed by atoms with Crippen LogP contribution in [0.4, 0.5) is 0 Å². The molecule has 0 N–H and O–H groups in total. The van der Waals surface area contributed by atoms with Crippen molar-refractivity contribution in [3.63, 3.8) is 0 Å². The molecule has 0 spiro atoms. The van der Waals surface area contributed by atoms with Crippen LogP contribution in [-0.2, 0) is 0 Å². The van der Waals surface area contributed by atoms with E-state index in [1.807, 2.05) is 72.8 Å². The van der Waals surface area contributed by atoms with Crippen LogP contribution in [0.15, 0.2) is 194 Å². The molecule has 0 aliphatic carbocycles. The SMILES string of the molecule is c1ccc(-c2ccc(-c3ccccc3)c3c2OB(c2ccc4c(ccc5cc(B6Oc7c(-c8ccccc8)ccc(-c8ccccc8)c7O6)ccc54)c2)O3)cc1. The summed E-state index contributed by atoms with van der Waals surface area (Å²) in [6, 6.07) is 67.2. The van der Waals surface area contributed by atoms with Crippen LogP contribution >= 0.6 is 0 Å². The fourth-order valence-electron chi connectivity index (χ4n) is 8.12. The van der Waals surface area contributed by atoms with Crippen LogP contribution in [0.25, 0.3) is 66.1 Å². The van der Waals surface area contributed by atoms with Gasteiger partial charge in [-0.1, -0.05) is 170 Å². The van der Waals surface area contributed by atoms with E-state index in [9.17, 15) is 0 Å². The Hall–Kier alpha value is -7.17. The average molecular weight is 718 g/mol. The first-order valence-corrected chi connectivity index (χ1v) is 18.9. The van der Waals surface area contributed by atoms with Crippen LogP contribution in [0.2, 0.25) is 0 Å². The molecule has 0 fully saturated rings. The number of hydrogen-bond acceptors (Lipinski definition) is 4. The highest BCUT2D eigenvalue weighted by Gasteiger charge is 2.39. The lowest BCUT2D eigenvalue weighted by molar-refractivity contribution is 0.519. The van der Waals surface area contributed by atoms with Gasteiger partial charge in [0.25, 0.3) is 0 Å². The van der Waals surface area contributed by atoms with Crippen molar-refractivity contribution in [1.29, 1.82) is 0 Å². The van der Waals surface area contributed by atoms with E-state index < -0.39 is 14.2 Å². The van der Waals surface area contributed by atoms with Crippen LogP contribution in [-0.4, -0.2) is 14.2 Å². The Labute approximate surface area is 325 Å². The lowest BCUT2D eigenvalue weighted by Gasteiger charge is -2.11. The van der Waals surface area contributed by atoms with Crippen molar-refractivity contribution in [2.24, 2.45) is 0 Å². The minimum Gasteiger partial charge on any atom is -0.519 e. The van der Waals surface area contributed by atoms with Crippen molar-refractivity contribution in [2.75, 3.05) is 0 Å². The summed E-state index contributed by atoms with van der Waals surface area (Å²) in [5.74, 6) is 3.05. The van der Waals surface area contributed by atoms with Gasteiger partial charge >= 0.3 is 14.2 Å². The highest BCUT2D eigenvalue weighted by atomic mass is 16.6. The molecular formula is C50H32B2O4. The van der Waals surface area contributed by atoms with Crippen LogP contribution in [0.3, 0.4) is 0 Å². The summed E-state index contributed by atoms with van der Waals surface area (Å²) in [5, 5.41) is 4.52. The summed E-state index contributed by atoms with van der Waals surface area (Å²) in [7, 11) is -1.17. The lowest BCUT2D eigenvalue weighted by Crippen LogP contribution is -2.39. The molecule has 9 aromatic carbocycles. The number of rotatable bonds is 6. The third-order valence-corrected chi connectivity index (χ3v) is 10.9. The number of fused-ring (bicyclic) bond motifs is 5. The molecule has 0 aromatic heterocycles. The molecule has 0 atom stereocenters. The summed E-state index contributed by atoms with van der Waals surface area (Å²) in [6.07, 6.45) is 0. The molecule has 2 heterocycles. The van der Waals surface area contributed by atoms with E-state index in [0.717, 1.165) is 100.0 Å². The number of benzene rings is 9. The number of hydrogen-bond donors (Lipinski definition) is 0. The second-order valence-corrected chi connectivity index (χ2v) is 14.3. The van der Waals surface area contributed by atoms with Gasteiger partial charge in [-0.25, -0.2) is 0 Å². The largest absolute Gasteiger partial charge is 0.632 e. The van der Waals surface area contributed by atoms with Crippen LogP contribution in [0, 0.1) is 0 Å². The smallest absolute Gasteiger partial charge is 0.519 e. The topological polar surface area (TPSA) is 36.9 Å². The molecule has 6 heteroatoms. The molecular weight excluding hydrogens is 686 g/mol. The lowest BCUT2D eigenvalue weighted by atomic mass is 9.77. The summed E-state index contributed by atoms with van der Waals surface area (Å²) in [6.45, 7) is 0. The van der Waals surface area contributed by atoms with Crippen molar-refractivity contribution in [3.05, 3.63) is 194 Å². The Morgan fingerprint density at radius 2 is 0.554 bits per heavy atom. The van der Waals surface area contributed by atoms with Crippen molar-refractivity contribution in [3.8, 4) is 67.5 Å². The van der Waals surface area contributed by atoms with Gasteiger partial charge in [-0.2, -0.15) is 0 Å². The predicted octanol–water partition coefficient (Wildman–Crippen LogP) is 11.0. The summed E-state index contributed by atoms with van der Waals surface area (Å²) in [4.78, 5) is 0. The van der Waals surface area contributed by atoms with Gasteiger partial charge in [0.05, 0.1) is 0 Å². The van der Waals surface area contributed by atoms with E-state index in [-0.39, 0.29) is 0 Å². The van der Waals surface area contributed by atoms with Gasteiger partial charge in [0, 0.05) is 33.2 Å². The monoisotopic (exact) mass is 718 g/mol. The quantitative estimate of drug-likeness (QED) is 0.127. The van der Waals surface area contributed by atoms with Gasteiger partial charge in [0.2, 0.25) is 0 Å². The maximum Gasteiger partial charge on any atom is 0.632 e. The molecule has 0 bridgehead atoms. The fourth-order valence-corrected chi connectivity index (χ4v) is 8.12. The zero-order valence-corrected chi connectivity index (χ0v) is 30.3. The normalized spacial score (nSPS) is 12.8. The molecule has 2 aliphatic rings. The molecule has 2 aliphatic heterocycles. The minimum absolute atomic E-state index is 0.584. The first-order chi connectivity index (χ1) is 27.7. The van der Waals surface area contributed by atoms with E-state index >= 15 is 0 Å². The van der Waals surface area contributed by atoms with Crippen molar-refractivity contribution < 1.29 is 18.6 Å². The van der Waals surface area contributed by atoms with Crippen LogP contribution in [0.1, 0.15) is 0 Å². The van der Waals surface area contributed by atoms with E-state index in [0.29, 0.717) is 0 Å². The van der Waals surface area contributed by atoms with Gasteiger partial charge in [0.1, 0.15) is 0 Å². The molecule has 0 unspecified atom stereocenters. The molecule has 9 aromatic rings. The van der Waals surface area contributed by atoms with Gasteiger partial charge in [-0.15, -0.1) is 0 Å². The first kappa shape index (κ1) is 32.3. The average Bonchev–Trinajstić information content (AvgIpc) is 3.93. The molecule has 262 valence electrons. The van der Waals surface area contributed by atoms with Crippen LogP contribution in [0.5, 0.6) is 23.0 Å². The Bertz CT molecular complexity index is 2580. The van der Waals surface area contributed by atoms with Gasteiger partial charge in [0.15, 0.2) is 23.0 Å². The maximum atomic E-state index is 6.70. The Balaban J connectivity index is 0.921. The van der Waals surface area contributed by atoms with E-state index in [4.69, 9.17) is 18.6 Å². The van der Waals surface area contributed by atoms with E-state index in [2.05, 4.69) is 121 Å². The van der Waals surface area contributed by atoms with E-state index in [1.54, 1.807) is 0 Å². The fraction of sp³-hybridized carbons (Fsp3) is 0. The highest BCUT2D eigenvalue weighted by Crippen LogP contribution is 2.49. The molecule has 11 rings (SSSR count). The third kappa shape index (κ3) is 5.49. The summed E-state index contributed by atoms with van der Waals surface area (Å²) < 4.78 is 26.8. The minimum atomic E-state index is -0.584. The maximum absolute atomic E-state index is 6.70. The Kier molecular flexibility index (Phi) is 7.66.